The smallest absolute Gasteiger partial charge is 0.250 e. The number of ether oxygens (including phenoxy) is 3. The molecule has 0 spiro atoms. The van der Waals surface area contributed by atoms with Gasteiger partial charge < -0.3 is 24.8 Å². The van der Waals surface area contributed by atoms with Crippen LogP contribution < -0.4 is 10.6 Å². The van der Waals surface area contributed by atoms with Gasteiger partial charge >= 0.3 is 0 Å². The number of anilines is 2. The third-order valence-electron chi connectivity index (χ3n) is 3.33. The summed E-state index contributed by atoms with van der Waals surface area (Å²) in [6.07, 6.45) is 0. The molecule has 2 aromatic rings. The van der Waals surface area contributed by atoms with Crippen LogP contribution in [0.3, 0.4) is 0 Å². The van der Waals surface area contributed by atoms with Gasteiger partial charge in [-0.2, -0.15) is 0 Å². The number of benzene rings is 2. The number of hydrogen-bond acceptors (Lipinski definition) is 5. The van der Waals surface area contributed by atoms with Crippen LogP contribution in [0.1, 0.15) is 0 Å². The maximum Gasteiger partial charge on any atom is 0.250 e. The minimum Gasteiger partial charge on any atom is -0.377 e. The molecule has 0 saturated heterocycles. The van der Waals surface area contributed by atoms with Crippen LogP contribution in [0.4, 0.5) is 11.4 Å². The Morgan fingerprint density at radius 1 is 0.593 bits per heavy atom. The molecule has 0 unspecified atom stereocenters. The van der Waals surface area contributed by atoms with Gasteiger partial charge in [0, 0.05) is 11.4 Å². The lowest BCUT2D eigenvalue weighted by atomic mass is 10.3. The third kappa shape index (κ3) is 9.50. The van der Waals surface area contributed by atoms with Crippen LogP contribution in [0.5, 0.6) is 0 Å². The summed E-state index contributed by atoms with van der Waals surface area (Å²) in [5.74, 6) is -0.428. The first-order valence-corrected chi connectivity index (χ1v) is 8.67. The summed E-state index contributed by atoms with van der Waals surface area (Å²) in [4.78, 5) is 23.3. The number of hydrogen-bond donors (Lipinski definition) is 2. The Kier molecular flexibility index (Phi) is 9.59. The Morgan fingerprint density at radius 2 is 0.963 bits per heavy atom. The standard InChI is InChI=1S/C20H24N2O5/c23-19(21-17-7-3-1-4-8-17)15-26-13-11-25-12-14-27-16-20(24)22-18-9-5-2-6-10-18/h1-10H,11-16H2,(H,21,23)(H,22,24). The summed E-state index contributed by atoms with van der Waals surface area (Å²) in [6.45, 7) is 1.23. The molecule has 2 N–H and O–H groups in total. The van der Waals surface area contributed by atoms with Gasteiger partial charge in [-0.3, -0.25) is 9.59 Å². The Bertz CT molecular complexity index is 620. The molecule has 0 bridgehead atoms. The molecule has 0 fully saturated rings. The quantitative estimate of drug-likeness (QED) is 0.559. The van der Waals surface area contributed by atoms with Crippen LogP contribution in [-0.2, 0) is 23.8 Å². The number of carbonyl (C=O) groups is 2. The molecule has 0 saturated carbocycles. The van der Waals surface area contributed by atoms with E-state index in [1.54, 1.807) is 24.3 Å². The lowest BCUT2D eigenvalue weighted by Crippen LogP contribution is -2.21. The van der Waals surface area contributed by atoms with Crippen molar-refractivity contribution in [3.05, 3.63) is 60.7 Å². The monoisotopic (exact) mass is 372 g/mol. The van der Waals surface area contributed by atoms with Crippen molar-refractivity contribution in [3.8, 4) is 0 Å². The van der Waals surface area contributed by atoms with Gasteiger partial charge in [0.2, 0.25) is 11.8 Å². The highest BCUT2D eigenvalue weighted by Crippen LogP contribution is 2.05. The van der Waals surface area contributed by atoms with E-state index in [9.17, 15) is 9.59 Å². The van der Waals surface area contributed by atoms with Gasteiger partial charge in [-0.25, -0.2) is 0 Å². The molecule has 7 nitrogen and oxygen atoms in total. The number of nitrogens with one attached hydrogen (secondary N) is 2. The van der Waals surface area contributed by atoms with Gasteiger partial charge in [0.15, 0.2) is 0 Å². The van der Waals surface area contributed by atoms with Crippen LogP contribution in [0.2, 0.25) is 0 Å². The summed E-state index contributed by atoms with van der Waals surface area (Å²) in [7, 11) is 0. The lowest BCUT2D eigenvalue weighted by Gasteiger charge is -2.08. The van der Waals surface area contributed by atoms with E-state index in [0.717, 1.165) is 11.4 Å². The van der Waals surface area contributed by atoms with E-state index in [4.69, 9.17) is 14.2 Å². The normalized spacial score (nSPS) is 10.4. The zero-order chi connectivity index (χ0) is 19.2. The fraction of sp³-hybridized carbons (Fsp3) is 0.300. The van der Waals surface area contributed by atoms with E-state index >= 15 is 0 Å². The lowest BCUT2D eigenvalue weighted by molar-refractivity contribution is -0.121. The Hall–Kier alpha value is -2.74. The second kappa shape index (κ2) is 12.6. The van der Waals surface area contributed by atoms with Crippen LogP contribution in [0.25, 0.3) is 0 Å². The maximum atomic E-state index is 11.6. The number of rotatable bonds is 12. The second-order valence-corrected chi connectivity index (χ2v) is 5.55. The average Bonchev–Trinajstić information content (AvgIpc) is 2.68. The highest BCUT2D eigenvalue weighted by atomic mass is 16.5. The highest BCUT2D eigenvalue weighted by Gasteiger charge is 2.03. The van der Waals surface area contributed by atoms with E-state index in [1.165, 1.54) is 0 Å². The minimum atomic E-state index is -0.214. The van der Waals surface area contributed by atoms with Gasteiger partial charge in [-0.1, -0.05) is 36.4 Å². The SMILES string of the molecule is O=C(COCCOCCOCC(=O)Nc1ccccc1)Nc1ccccc1. The third-order valence-corrected chi connectivity index (χ3v) is 3.33. The van der Waals surface area contributed by atoms with Crippen LogP contribution in [0.15, 0.2) is 60.7 Å². The van der Waals surface area contributed by atoms with E-state index in [0.29, 0.717) is 26.4 Å². The second-order valence-electron chi connectivity index (χ2n) is 5.55. The summed E-state index contributed by atoms with van der Waals surface area (Å²) >= 11 is 0. The number of amides is 2. The topological polar surface area (TPSA) is 85.9 Å². The van der Waals surface area contributed by atoms with E-state index in [2.05, 4.69) is 10.6 Å². The van der Waals surface area contributed by atoms with Crippen molar-refractivity contribution in [2.24, 2.45) is 0 Å². The predicted octanol–water partition coefficient (Wildman–Crippen LogP) is 2.31. The molecule has 144 valence electrons. The zero-order valence-electron chi connectivity index (χ0n) is 15.1. The largest absolute Gasteiger partial charge is 0.377 e. The molecule has 2 amide bonds. The number of para-hydroxylation sites is 2. The fourth-order valence-electron chi connectivity index (χ4n) is 2.10. The highest BCUT2D eigenvalue weighted by molar-refractivity contribution is 5.92. The molecular formula is C20H24N2O5. The summed E-state index contributed by atoms with van der Waals surface area (Å²) in [5, 5.41) is 5.45. The maximum absolute atomic E-state index is 11.6. The molecule has 0 radical (unpaired) electrons. The van der Waals surface area contributed by atoms with Gasteiger partial charge in [-0.15, -0.1) is 0 Å². The fourth-order valence-corrected chi connectivity index (χ4v) is 2.10. The summed E-state index contributed by atoms with van der Waals surface area (Å²) in [5.41, 5.74) is 1.46. The summed E-state index contributed by atoms with van der Waals surface area (Å²) < 4.78 is 15.8. The van der Waals surface area contributed by atoms with Gasteiger partial charge in [0.25, 0.3) is 0 Å². The first kappa shape index (κ1) is 20.6. The van der Waals surface area contributed by atoms with Crippen molar-refractivity contribution in [3.63, 3.8) is 0 Å². The average molecular weight is 372 g/mol. The van der Waals surface area contributed by atoms with E-state index < -0.39 is 0 Å². The predicted molar refractivity (Wildman–Crippen MR) is 103 cm³/mol. The van der Waals surface area contributed by atoms with E-state index in [1.807, 2.05) is 36.4 Å². The molecule has 0 aliphatic heterocycles. The molecule has 0 heterocycles. The molecule has 0 atom stereocenters. The van der Waals surface area contributed by atoms with Crippen molar-refractivity contribution < 1.29 is 23.8 Å². The van der Waals surface area contributed by atoms with Gasteiger partial charge in [0.1, 0.15) is 13.2 Å². The van der Waals surface area contributed by atoms with Crippen molar-refractivity contribution >= 4 is 23.2 Å². The van der Waals surface area contributed by atoms with Crippen LogP contribution in [-0.4, -0.2) is 51.5 Å². The molecule has 0 aliphatic carbocycles. The first-order chi connectivity index (χ1) is 13.2. The Morgan fingerprint density at radius 3 is 1.37 bits per heavy atom. The molecule has 27 heavy (non-hydrogen) atoms. The van der Waals surface area contributed by atoms with Crippen LogP contribution >= 0.6 is 0 Å². The Balaban J connectivity index is 1.40. The molecule has 7 heteroatoms. The van der Waals surface area contributed by atoms with Crippen molar-refractivity contribution in [2.75, 3.05) is 50.3 Å². The zero-order valence-corrected chi connectivity index (χ0v) is 15.1. The number of carbonyl (C=O) groups excluding carboxylic acids is 2. The molecular weight excluding hydrogens is 348 g/mol. The minimum absolute atomic E-state index is 0.0333. The van der Waals surface area contributed by atoms with E-state index in [-0.39, 0.29) is 25.0 Å². The molecule has 2 rings (SSSR count). The van der Waals surface area contributed by atoms with Gasteiger partial charge in [0.05, 0.1) is 26.4 Å². The molecule has 2 aromatic carbocycles. The first-order valence-electron chi connectivity index (χ1n) is 8.67. The van der Waals surface area contributed by atoms with Crippen molar-refractivity contribution in [1.29, 1.82) is 0 Å². The molecule has 0 aliphatic rings. The Labute approximate surface area is 158 Å². The van der Waals surface area contributed by atoms with Crippen LogP contribution in [0, 0.1) is 0 Å². The van der Waals surface area contributed by atoms with Gasteiger partial charge in [-0.05, 0) is 24.3 Å². The van der Waals surface area contributed by atoms with Crippen molar-refractivity contribution in [2.45, 2.75) is 0 Å². The van der Waals surface area contributed by atoms with Crippen molar-refractivity contribution in [1.82, 2.24) is 0 Å². The summed E-state index contributed by atoms with van der Waals surface area (Å²) in [6, 6.07) is 18.4. The molecule has 0 aromatic heterocycles.